The quantitative estimate of drug-likeness (QED) is 0.830. The van der Waals surface area contributed by atoms with Gasteiger partial charge in [-0.3, -0.25) is 9.59 Å². The van der Waals surface area contributed by atoms with Crippen LogP contribution in [0.5, 0.6) is 11.5 Å². The van der Waals surface area contributed by atoms with E-state index in [4.69, 9.17) is 9.47 Å². The number of ether oxygens (including phenoxy) is 2. The molecule has 6 nitrogen and oxygen atoms in total. The molecular formula is C23H30N2O4. The zero-order valence-electron chi connectivity index (χ0n) is 17.3. The molecule has 3 aliphatic carbocycles. The van der Waals surface area contributed by atoms with Crippen LogP contribution in [0.3, 0.4) is 0 Å². The molecule has 4 fully saturated rings. The molecule has 5 atom stereocenters. The summed E-state index contributed by atoms with van der Waals surface area (Å²) in [5, 5.41) is 3.18. The highest BCUT2D eigenvalue weighted by molar-refractivity contribution is 5.98. The van der Waals surface area contributed by atoms with Crippen molar-refractivity contribution in [1.29, 1.82) is 0 Å². The standard InChI is InChI=1S/C23H30N2O4/c1-14-5-3-4-10-25(14)22(27)19-11-16-7-6-15(19)13-23(16)24-21(26)18-9-8-17(28-2)12-20(18)29-23/h8-9,12,14-16,19H,3-7,10-11,13H2,1-2H3,(H,24,26)/t14-,15+,16-,19+,23-/m0/s1. The summed E-state index contributed by atoms with van der Waals surface area (Å²) in [6, 6.07) is 5.68. The zero-order chi connectivity index (χ0) is 20.2. The second kappa shape index (κ2) is 6.92. The third-order valence-corrected chi connectivity index (χ3v) is 7.67. The van der Waals surface area contributed by atoms with Gasteiger partial charge in [0, 0.05) is 36.9 Å². The van der Waals surface area contributed by atoms with Crippen molar-refractivity contribution in [1.82, 2.24) is 10.2 Å². The molecule has 1 aromatic carbocycles. The van der Waals surface area contributed by atoms with Crippen molar-refractivity contribution in [3.63, 3.8) is 0 Å². The molecule has 1 N–H and O–H groups in total. The summed E-state index contributed by atoms with van der Waals surface area (Å²) in [6.07, 6.45) is 6.96. The lowest BCUT2D eigenvalue weighted by atomic mass is 9.59. The molecule has 6 rings (SSSR count). The van der Waals surface area contributed by atoms with E-state index in [9.17, 15) is 9.59 Å². The molecule has 1 aromatic rings. The first-order valence-electron chi connectivity index (χ1n) is 11.0. The van der Waals surface area contributed by atoms with E-state index in [2.05, 4.69) is 17.1 Å². The van der Waals surface area contributed by atoms with Crippen molar-refractivity contribution < 1.29 is 19.1 Å². The number of carbonyl (C=O) groups excluding carboxylic acids is 2. The molecule has 3 saturated carbocycles. The van der Waals surface area contributed by atoms with Crippen LogP contribution in [0, 0.1) is 17.8 Å². The van der Waals surface area contributed by atoms with Gasteiger partial charge in [-0.25, -0.2) is 0 Å². The normalized spacial score (nSPS) is 35.7. The first-order valence-corrected chi connectivity index (χ1v) is 11.0. The average Bonchev–Trinajstić information content (AvgIpc) is 2.73. The molecular weight excluding hydrogens is 368 g/mol. The van der Waals surface area contributed by atoms with Crippen LogP contribution in [0.25, 0.3) is 0 Å². The Labute approximate surface area is 171 Å². The summed E-state index contributed by atoms with van der Waals surface area (Å²) in [4.78, 5) is 28.3. The number of fused-ring (bicyclic) bond motifs is 3. The number of benzene rings is 1. The Morgan fingerprint density at radius 1 is 1.28 bits per heavy atom. The molecule has 29 heavy (non-hydrogen) atoms. The molecule has 0 aromatic heterocycles. The highest BCUT2D eigenvalue weighted by atomic mass is 16.5. The van der Waals surface area contributed by atoms with Crippen molar-refractivity contribution in [3.05, 3.63) is 23.8 Å². The van der Waals surface area contributed by atoms with E-state index in [0.717, 1.165) is 38.6 Å². The number of amides is 2. The van der Waals surface area contributed by atoms with Gasteiger partial charge in [-0.15, -0.1) is 0 Å². The first kappa shape index (κ1) is 18.8. The van der Waals surface area contributed by atoms with Crippen LogP contribution in [0.15, 0.2) is 18.2 Å². The third-order valence-electron chi connectivity index (χ3n) is 7.67. The Hall–Kier alpha value is -2.24. The molecule has 1 spiro atoms. The highest BCUT2D eigenvalue weighted by Gasteiger charge is 2.57. The van der Waals surface area contributed by atoms with Gasteiger partial charge in [0.1, 0.15) is 11.5 Å². The number of piperidine rings is 1. The molecule has 0 radical (unpaired) electrons. The minimum atomic E-state index is -0.691. The van der Waals surface area contributed by atoms with E-state index < -0.39 is 5.72 Å². The summed E-state index contributed by atoms with van der Waals surface area (Å²) >= 11 is 0. The Balaban J connectivity index is 1.38. The van der Waals surface area contributed by atoms with Crippen LogP contribution < -0.4 is 14.8 Å². The van der Waals surface area contributed by atoms with Gasteiger partial charge in [-0.1, -0.05) is 0 Å². The van der Waals surface area contributed by atoms with Crippen molar-refractivity contribution in [2.24, 2.45) is 17.8 Å². The molecule has 2 amide bonds. The number of likely N-dealkylation sites (tertiary alicyclic amines) is 1. The number of nitrogens with zero attached hydrogens (tertiary/aromatic N) is 1. The van der Waals surface area contributed by atoms with Gasteiger partial charge in [0.2, 0.25) is 5.91 Å². The van der Waals surface area contributed by atoms with Crippen molar-refractivity contribution in [3.8, 4) is 11.5 Å². The van der Waals surface area contributed by atoms with Crippen molar-refractivity contribution in [2.45, 2.75) is 63.6 Å². The topological polar surface area (TPSA) is 67.9 Å². The van der Waals surface area contributed by atoms with Crippen LogP contribution in [-0.2, 0) is 4.79 Å². The van der Waals surface area contributed by atoms with Gasteiger partial charge in [0.05, 0.1) is 12.7 Å². The van der Waals surface area contributed by atoms with Crippen LogP contribution >= 0.6 is 0 Å². The smallest absolute Gasteiger partial charge is 0.258 e. The molecule has 2 bridgehead atoms. The highest BCUT2D eigenvalue weighted by Crippen LogP contribution is 2.53. The minimum Gasteiger partial charge on any atom is -0.497 e. The monoisotopic (exact) mass is 398 g/mol. The summed E-state index contributed by atoms with van der Waals surface area (Å²) in [5.74, 6) is 1.99. The summed E-state index contributed by atoms with van der Waals surface area (Å²) in [5.41, 5.74) is -0.142. The Kier molecular flexibility index (Phi) is 4.48. The lowest BCUT2D eigenvalue weighted by molar-refractivity contribution is -0.158. The third kappa shape index (κ3) is 2.99. The number of rotatable bonds is 2. The maximum Gasteiger partial charge on any atom is 0.258 e. The van der Waals surface area contributed by atoms with Gasteiger partial charge in [-0.2, -0.15) is 0 Å². The van der Waals surface area contributed by atoms with Crippen LogP contribution in [0.2, 0.25) is 0 Å². The van der Waals surface area contributed by atoms with Crippen molar-refractivity contribution in [2.75, 3.05) is 13.7 Å². The molecule has 6 heteroatoms. The van der Waals surface area contributed by atoms with Gasteiger partial charge in [-0.05, 0) is 63.5 Å². The van der Waals surface area contributed by atoms with E-state index in [1.807, 2.05) is 0 Å². The minimum absolute atomic E-state index is 0.0622. The van der Waals surface area contributed by atoms with Crippen LogP contribution in [0.1, 0.15) is 62.2 Å². The zero-order valence-corrected chi connectivity index (χ0v) is 17.3. The van der Waals surface area contributed by atoms with Gasteiger partial charge >= 0.3 is 0 Å². The maximum absolute atomic E-state index is 13.4. The van der Waals surface area contributed by atoms with E-state index in [1.54, 1.807) is 25.3 Å². The fourth-order valence-corrected chi connectivity index (χ4v) is 6.06. The lowest BCUT2D eigenvalue weighted by Gasteiger charge is -2.55. The van der Waals surface area contributed by atoms with Crippen LogP contribution in [0.4, 0.5) is 0 Å². The average molecular weight is 399 g/mol. The second-order valence-corrected chi connectivity index (χ2v) is 9.26. The summed E-state index contributed by atoms with van der Waals surface area (Å²) < 4.78 is 11.8. The second-order valence-electron chi connectivity index (χ2n) is 9.26. The number of nitrogens with one attached hydrogen (secondary N) is 1. The molecule has 2 aliphatic heterocycles. The predicted octanol–water partition coefficient (Wildman–Crippen LogP) is 3.35. The van der Waals surface area contributed by atoms with E-state index in [-0.39, 0.29) is 23.7 Å². The largest absolute Gasteiger partial charge is 0.497 e. The number of carbonyl (C=O) groups is 2. The Morgan fingerprint density at radius 2 is 2.14 bits per heavy atom. The summed E-state index contributed by atoms with van der Waals surface area (Å²) in [7, 11) is 1.61. The van der Waals surface area contributed by atoms with Crippen molar-refractivity contribution >= 4 is 11.8 Å². The number of hydrogen-bond donors (Lipinski definition) is 1. The molecule has 156 valence electrons. The Morgan fingerprint density at radius 3 is 2.86 bits per heavy atom. The molecule has 2 heterocycles. The number of hydrogen-bond acceptors (Lipinski definition) is 4. The lowest BCUT2D eigenvalue weighted by Crippen LogP contribution is -2.67. The van der Waals surface area contributed by atoms with E-state index >= 15 is 0 Å². The fraction of sp³-hybridized carbons (Fsp3) is 0.652. The van der Waals surface area contributed by atoms with Gasteiger partial charge in [0.15, 0.2) is 5.72 Å². The fourth-order valence-electron chi connectivity index (χ4n) is 6.06. The molecule has 5 aliphatic rings. The van der Waals surface area contributed by atoms with Gasteiger partial charge < -0.3 is 19.7 Å². The predicted molar refractivity (Wildman–Crippen MR) is 108 cm³/mol. The van der Waals surface area contributed by atoms with E-state index in [1.165, 1.54) is 6.42 Å². The summed E-state index contributed by atoms with van der Waals surface area (Å²) in [6.45, 7) is 3.06. The van der Waals surface area contributed by atoms with Crippen LogP contribution in [-0.4, -0.2) is 42.1 Å². The van der Waals surface area contributed by atoms with E-state index in [0.29, 0.717) is 35.4 Å². The molecule has 0 unspecified atom stereocenters. The SMILES string of the molecule is COc1ccc2c(c1)O[C@]1(C[C@H]3CC[C@H]1C[C@H]3C(=O)N1CCCC[C@@H]1C)NC2=O. The number of methoxy groups -OCH3 is 1. The maximum atomic E-state index is 13.4. The van der Waals surface area contributed by atoms with Gasteiger partial charge in [0.25, 0.3) is 5.91 Å². The first-order chi connectivity index (χ1) is 14.0. The Bertz CT molecular complexity index is 840. The molecule has 1 saturated heterocycles.